The molecule has 2 aliphatic heterocycles. The molecule has 0 aliphatic carbocycles. The quantitative estimate of drug-likeness (QED) is 0.909. The summed E-state index contributed by atoms with van der Waals surface area (Å²) in [4.78, 5) is 29.0. The molecule has 1 atom stereocenters. The van der Waals surface area contributed by atoms with Crippen molar-refractivity contribution in [2.45, 2.75) is 18.9 Å². The minimum absolute atomic E-state index is 0.0861. The average molecular weight is 349 g/mol. The van der Waals surface area contributed by atoms with Crippen LogP contribution in [0.1, 0.15) is 12.8 Å². The highest BCUT2D eigenvalue weighted by molar-refractivity contribution is 7.99. The van der Waals surface area contributed by atoms with Crippen molar-refractivity contribution in [1.29, 1.82) is 0 Å². The average Bonchev–Trinajstić information content (AvgIpc) is 3.12. The summed E-state index contributed by atoms with van der Waals surface area (Å²) in [5, 5.41) is 2.88. The number of amides is 3. The Balaban J connectivity index is 1.68. The Hall–Kier alpha value is -1.89. The molecule has 0 spiro atoms. The number of hydrogen-bond acceptors (Lipinski definition) is 4. The van der Waals surface area contributed by atoms with E-state index >= 15 is 0 Å². The van der Waals surface area contributed by atoms with Crippen LogP contribution in [0.5, 0.6) is 5.75 Å². The summed E-state index contributed by atoms with van der Waals surface area (Å²) < 4.78 is 5.27. The van der Waals surface area contributed by atoms with E-state index in [1.807, 2.05) is 28.8 Å². The van der Waals surface area contributed by atoms with Crippen LogP contribution in [0, 0.1) is 0 Å². The van der Waals surface area contributed by atoms with Crippen LogP contribution in [0.3, 0.4) is 0 Å². The summed E-state index contributed by atoms with van der Waals surface area (Å²) in [6, 6.07) is 6.71. The summed E-state index contributed by atoms with van der Waals surface area (Å²) in [6.45, 7) is 2.17. The Kier molecular flexibility index (Phi) is 5.50. The Morgan fingerprint density at radius 1 is 1.21 bits per heavy atom. The van der Waals surface area contributed by atoms with Crippen LogP contribution in [0.15, 0.2) is 24.3 Å². The van der Waals surface area contributed by atoms with Gasteiger partial charge in [-0.05, 0) is 25.0 Å². The molecule has 6 nitrogen and oxygen atoms in total. The predicted octanol–water partition coefficient (Wildman–Crippen LogP) is 2.27. The van der Waals surface area contributed by atoms with Crippen LogP contribution in [-0.4, -0.2) is 66.0 Å². The summed E-state index contributed by atoms with van der Waals surface area (Å²) in [6.07, 6.45) is 1.60. The van der Waals surface area contributed by atoms with Crippen LogP contribution in [0.4, 0.5) is 10.5 Å². The van der Waals surface area contributed by atoms with Gasteiger partial charge in [-0.25, -0.2) is 4.79 Å². The molecule has 7 heteroatoms. The molecule has 3 rings (SSSR count). The molecule has 3 amide bonds. The molecule has 1 aromatic carbocycles. The lowest BCUT2D eigenvalue weighted by Gasteiger charge is -2.32. The maximum absolute atomic E-state index is 12.8. The molecule has 0 unspecified atom stereocenters. The van der Waals surface area contributed by atoms with Gasteiger partial charge in [-0.15, -0.1) is 0 Å². The number of hydrogen-bond donors (Lipinski definition) is 1. The lowest BCUT2D eigenvalue weighted by Crippen LogP contribution is -2.51. The van der Waals surface area contributed by atoms with Gasteiger partial charge in [0, 0.05) is 31.1 Å². The van der Waals surface area contributed by atoms with E-state index in [1.165, 1.54) is 0 Å². The number of nitrogens with one attached hydrogen (secondary N) is 1. The van der Waals surface area contributed by atoms with Gasteiger partial charge in [-0.3, -0.25) is 4.79 Å². The molecule has 0 radical (unpaired) electrons. The third kappa shape index (κ3) is 3.61. The third-order valence-electron chi connectivity index (χ3n) is 4.47. The van der Waals surface area contributed by atoms with Gasteiger partial charge in [0.25, 0.3) is 0 Å². The maximum Gasteiger partial charge on any atom is 0.322 e. The first-order valence-electron chi connectivity index (χ1n) is 8.28. The zero-order chi connectivity index (χ0) is 16.9. The number of carbonyl (C=O) groups is 2. The fourth-order valence-electron chi connectivity index (χ4n) is 3.20. The SMILES string of the molecule is COc1ccccc1NC(=O)N1CCC[C@H]1C(=O)N1CCSCC1. The number of nitrogens with zero attached hydrogens (tertiary/aromatic N) is 2. The van der Waals surface area contributed by atoms with E-state index in [4.69, 9.17) is 4.74 Å². The highest BCUT2D eigenvalue weighted by atomic mass is 32.2. The zero-order valence-electron chi connectivity index (χ0n) is 13.9. The van der Waals surface area contributed by atoms with Crippen LogP contribution in [0.2, 0.25) is 0 Å². The summed E-state index contributed by atoms with van der Waals surface area (Å²) in [5.74, 6) is 2.65. The van der Waals surface area contributed by atoms with Crippen molar-refractivity contribution in [2.75, 3.05) is 43.6 Å². The number of thioether (sulfide) groups is 1. The molecule has 24 heavy (non-hydrogen) atoms. The van der Waals surface area contributed by atoms with Gasteiger partial charge in [0.15, 0.2) is 0 Å². The second kappa shape index (κ2) is 7.79. The van der Waals surface area contributed by atoms with Crippen molar-refractivity contribution >= 4 is 29.4 Å². The number of rotatable bonds is 3. The first-order chi connectivity index (χ1) is 11.7. The number of methoxy groups -OCH3 is 1. The Labute approximate surface area is 146 Å². The van der Waals surface area contributed by atoms with Gasteiger partial charge in [-0.2, -0.15) is 11.8 Å². The number of anilines is 1. The number of carbonyl (C=O) groups excluding carboxylic acids is 2. The molecule has 2 saturated heterocycles. The Morgan fingerprint density at radius 2 is 1.96 bits per heavy atom. The summed E-state index contributed by atoms with van der Waals surface area (Å²) in [7, 11) is 1.57. The molecule has 2 aliphatic rings. The molecule has 1 N–H and O–H groups in total. The van der Waals surface area contributed by atoms with Gasteiger partial charge >= 0.3 is 6.03 Å². The second-order valence-electron chi connectivity index (χ2n) is 5.92. The highest BCUT2D eigenvalue weighted by Gasteiger charge is 2.37. The number of benzene rings is 1. The fourth-order valence-corrected chi connectivity index (χ4v) is 4.10. The molecular formula is C17H23N3O3S. The lowest BCUT2D eigenvalue weighted by molar-refractivity contribution is -0.134. The molecule has 0 saturated carbocycles. The normalized spacial score (nSPS) is 20.8. The first kappa shape index (κ1) is 17.0. The highest BCUT2D eigenvalue weighted by Crippen LogP contribution is 2.26. The minimum atomic E-state index is -0.345. The molecular weight excluding hydrogens is 326 g/mol. The largest absolute Gasteiger partial charge is 0.495 e. The monoisotopic (exact) mass is 349 g/mol. The van der Waals surface area contributed by atoms with Gasteiger partial charge in [0.2, 0.25) is 5.91 Å². The van der Waals surface area contributed by atoms with E-state index < -0.39 is 0 Å². The zero-order valence-corrected chi connectivity index (χ0v) is 14.7. The smallest absolute Gasteiger partial charge is 0.322 e. The number of ether oxygens (including phenoxy) is 1. The topological polar surface area (TPSA) is 61.9 Å². The van der Waals surface area contributed by atoms with E-state index in [0.717, 1.165) is 37.4 Å². The van der Waals surface area contributed by atoms with Gasteiger partial charge in [-0.1, -0.05) is 12.1 Å². The van der Waals surface area contributed by atoms with Crippen LogP contribution < -0.4 is 10.1 Å². The number of para-hydroxylation sites is 2. The van der Waals surface area contributed by atoms with Crippen molar-refractivity contribution in [2.24, 2.45) is 0 Å². The van der Waals surface area contributed by atoms with Crippen molar-refractivity contribution in [3.05, 3.63) is 24.3 Å². The first-order valence-corrected chi connectivity index (χ1v) is 9.43. The van der Waals surface area contributed by atoms with Gasteiger partial charge < -0.3 is 19.9 Å². The summed E-state index contributed by atoms with van der Waals surface area (Å²) >= 11 is 1.87. The fraction of sp³-hybridized carbons (Fsp3) is 0.529. The predicted molar refractivity (Wildman–Crippen MR) is 95.6 cm³/mol. The van der Waals surface area contributed by atoms with Crippen molar-refractivity contribution < 1.29 is 14.3 Å². The Bertz CT molecular complexity index is 604. The third-order valence-corrected chi connectivity index (χ3v) is 5.41. The standard InChI is InChI=1S/C17H23N3O3S/c1-23-15-7-3-2-5-13(15)18-17(22)20-8-4-6-14(20)16(21)19-9-11-24-12-10-19/h2-3,5,7,14H,4,6,8-12H2,1H3,(H,18,22)/t14-/m0/s1. The van der Waals surface area contributed by atoms with Gasteiger partial charge in [0.05, 0.1) is 12.8 Å². The van der Waals surface area contributed by atoms with Crippen LogP contribution in [0.25, 0.3) is 0 Å². The van der Waals surface area contributed by atoms with E-state index in [1.54, 1.807) is 24.1 Å². The molecule has 130 valence electrons. The second-order valence-corrected chi connectivity index (χ2v) is 7.14. The van der Waals surface area contributed by atoms with Crippen LogP contribution >= 0.6 is 11.8 Å². The van der Waals surface area contributed by atoms with Crippen molar-refractivity contribution in [1.82, 2.24) is 9.80 Å². The van der Waals surface area contributed by atoms with Crippen LogP contribution in [-0.2, 0) is 4.79 Å². The maximum atomic E-state index is 12.8. The molecule has 1 aromatic rings. The van der Waals surface area contributed by atoms with E-state index in [2.05, 4.69) is 5.32 Å². The lowest BCUT2D eigenvalue weighted by atomic mass is 10.2. The summed E-state index contributed by atoms with van der Waals surface area (Å²) in [5.41, 5.74) is 0.623. The molecule has 2 fully saturated rings. The van der Waals surface area contributed by atoms with Crippen molar-refractivity contribution in [3.63, 3.8) is 0 Å². The number of likely N-dealkylation sites (tertiary alicyclic amines) is 1. The minimum Gasteiger partial charge on any atom is -0.495 e. The Morgan fingerprint density at radius 3 is 2.71 bits per heavy atom. The van der Waals surface area contributed by atoms with Crippen molar-refractivity contribution in [3.8, 4) is 5.75 Å². The van der Waals surface area contributed by atoms with E-state index in [0.29, 0.717) is 18.0 Å². The van der Waals surface area contributed by atoms with Gasteiger partial charge in [0.1, 0.15) is 11.8 Å². The van der Waals surface area contributed by atoms with E-state index in [-0.39, 0.29) is 18.0 Å². The molecule has 2 heterocycles. The molecule has 0 aromatic heterocycles. The van der Waals surface area contributed by atoms with E-state index in [9.17, 15) is 9.59 Å². The number of urea groups is 1. The molecule has 0 bridgehead atoms.